The lowest BCUT2D eigenvalue weighted by Gasteiger charge is -1.86. The number of aliphatic hydroxyl groups excluding tert-OH is 1. The van der Waals surface area contributed by atoms with Crippen LogP contribution >= 0.6 is 21.0 Å². The fourth-order valence-electron chi connectivity index (χ4n) is 0.261. The zero-order chi connectivity index (χ0) is 5.11. The van der Waals surface area contributed by atoms with Crippen molar-refractivity contribution in [3.05, 3.63) is 22.1 Å². The van der Waals surface area contributed by atoms with Gasteiger partial charge in [-0.15, -0.1) is 0 Å². The highest BCUT2D eigenvalue weighted by molar-refractivity contribution is 14.2. The van der Waals surface area contributed by atoms with Crippen molar-refractivity contribution in [3.8, 4) is 0 Å². The Hall–Kier alpha value is -0.190. The van der Waals surface area contributed by atoms with E-state index in [2.05, 4.69) is 3.15 Å². The highest BCUT2D eigenvalue weighted by Crippen LogP contribution is 2.12. The minimum atomic E-state index is -0.199. The molecule has 0 bridgehead atoms. The SMILES string of the molecule is OC1=CC=CI=N1. The van der Waals surface area contributed by atoms with E-state index < -0.39 is 0 Å². The zero-order valence-corrected chi connectivity index (χ0v) is 5.66. The molecule has 0 unspecified atom stereocenters. The van der Waals surface area contributed by atoms with E-state index >= 15 is 0 Å². The van der Waals surface area contributed by atoms with E-state index in [1.807, 2.05) is 10.2 Å². The molecule has 0 saturated heterocycles. The molecule has 38 valence electrons. The van der Waals surface area contributed by atoms with Gasteiger partial charge in [0.1, 0.15) is 0 Å². The Morgan fingerprint density at radius 3 is 2.86 bits per heavy atom. The highest BCUT2D eigenvalue weighted by atomic mass is 127. The van der Waals surface area contributed by atoms with Crippen molar-refractivity contribution in [3.63, 3.8) is 0 Å². The van der Waals surface area contributed by atoms with Crippen LogP contribution in [0, 0.1) is 0 Å². The Balaban J connectivity index is 2.82. The molecule has 0 radical (unpaired) electrons. The zero-order valence-electron chi connectivity index (χ0n) is 3.50. The molecule has 0 aromatic carbocycles. The molecule has 0 aromatic heterocycles. The van der Waals surface area contributed by atoms with Crippen molar-refractivity contribution in [2.45, 2.75) is 0 Å². The summed E-state index contributed by atoms with van der Waals surface area (Å²) in [5.41, 5.74) is 0. The molecular weight excluding hydrogens is 205 g/mol. The third-order valence-electron chi connectivity index (χ3n) is 0.510. The van der Waals surface area contributed by atoms with Gasteiger partial charge in [-0.05, 0) is 10.2 Å². The van der Waals surface area contributed by atoms with Gasteiger partial charge in [-0.2, -0.15) is 3.15 Å². The van der Waals surface area contributed by atoms with Crippen molar-refractivity contribution < 1.29 is 5.11 Å². The molecule has 2 nitrogen and oxygen atoms in total. The fourth-order valence-corrected chi connectivity index (χ4v) is 1.26. The summed E-state index contributed by atoms with van der Waals surface area (Å²) in [4.78, 5) is 0. The van der Waals surface area contributed by atoms with E-state index in [9.17, 15) is 0 Å². The number of hydrogen-bond acceptors (Lipinski definition) is 2. The molecule has 1 N–H and O–H groups in total. The highest BCUT2D eigenvalue weighted by Gasteiger charge is 1.83. The fraction of sp³-hybridized carbons (Fsp3) is 0. The third-order valence-corrected chi connectivity index (χ3v) is 2.02. The molecular formula is C4H4INO. The van der Waals surface area contributed by atoms with E-state index in [1.54, 1.807) is 6.08 Å². The summed E-state index contributed by atoms with van der Waals surface area (Å²) in [6.07, 6.45) is 3.42. The second-order valence-electron chi connectivity index (χ2n) is 1.03. The van der Waals surface area contributed by atoms with Gasteiger partial charge in [-0.25, -0.2) is 0 Å². The second-order valence-corrected chi connectivity index (χ2v) is 2.78. The van der Waals surface area contributed by atoms with Gasteiger partial charge in [0.2, 0.25) is 5.88 Å². The van der Waals surface area contributed by atoms with Crippen LogP contribution in [0.1, 0.15) is 0 Å². The smallest absolute Gasteiger partial charge is 0.215 e. The van der Waals surface area contributed by atoms with Gasteiger partial charge in [0, 0.05) is 27.1 Å². The van der Waals surface area contributed by atoms with Crippen LogP contribution in [0.2, 0.25) is 0 Å². The molecule has 0 atom stereocenters. The van der Waals surface area contributed by atoms with Crippen LogP contribution < -0.4 is 0 Å². The topological polar surface area (TPSA) is 32.6 Å². The van der Waals surface area contributed by atoms with Crippen molar-refractivity contribution in [2.75, 3.05) is 0 Å². The summed E-state index contributed by atoms with van der Waals surface area (Å²) in [5, 5.41) is 8.58. The van der Waals surface area contributed by atoms with Crippen LogP contribution in [-0.4, -0.2) is 5.11 Å². The van der Waals surface area contributed by atoms with Crippen LogP contribution in [0.15, 0.2) is 25.3 Å². The third kappa shape index (κ3) is 1.38. The number of allylic oxidation sites excluding steroid dienone is 2. The standard InChI is InChI=1S/C4H4INO/c7-4-2-1-3-5-6-4/h1-3H,(H,6,7). The number of nitrogens with zero attached hydrogens (tertiary/aromatic N) is 1. The van der Waals surface area contributed by atoms with E-state index in [0.717, 1.165) is 0 Å². The van der Waals surface area contributed by atoms with Gasteiger partial charge in [0.05, 0.1) is 0 Å². The van der Waals surface area contributed by atoms with Crippen LogP contribution in [0.25, 0.3) is 0 Å². The first-order valence-electron chi connectivity index (χ1n) is 1.79. The predicted molar refractivity (Wildman–Crippen MR) is 36.3 cm³/mol. The van der Waals surface area contributed by atoms with E-state index in [4.69, 9.17) is 5.11 Å². The number of aliphatic hydroxyl groups is 1. The summed E-state index contributed by atoms with van der Waals surface area (Å²) in [6, 6.07) is 0. The molecule has 1 heterocycles. The molecule has 1 rings (SSSR count). The summed E-state index contributed by atoms with van der Waals surface area (Å²) in [6.45, 7) is 0. The van der Waals surface area contributed by atoms with Gasteiger partial charge >= 0.3 is 0 Å². The van der Waals surface area contributed by atoms with E-state index in [1.165, 1.54) is 0 Å². The quantitative estimate of drug-likeness (QED) is 0.608. The number of rotatable bonds is 0. The minimum Gasteiger partial charge on any atom is -0.493 e. The van der Waals surface area contributed by atoms with E-state index in [0.29, 0.717) is 0 Å². The van der Waals surface area contributed by atoms with Crippen LogP contribution in [0.3, 0.4) is 0 Å². The van der Waals surface area contributed by atoms with Gasteiger partial charge in [0.25, 0.3) is 0 Å². The first kappa shape index (κ1) is 4.96. The maximum absolute atomic E-state index is 8.58. The number of hydrogen-bond donors (Lipinski definition) is 1. The van der Waals surface area contributed by atoms with Crippen LogP contribution in [0.5, 0.6) is 0 Å². The Labute approximate surface area is 51.7 Å². The Morgan fingerprint density at radius 2 is 2.57 bits per heavy atom. The first-order valence-corrected chi connectivity index (χ1v) is 4.00. The van der Waals surface area contributed by atoms with E-state index in [-0.39, 0.29) is 26.9 Å². The average molecular weight is 209 g/mol. The average Bonchev–Trinajstić information content (AvgIpc) is 1.69. The molecule has 0 saturated carbocycles. The molecule has 1 aliphatic rings. The van der Waals surface area contributed by atoms with Gasteiger partial charge in [0.15, 0.2) is 0 Å². The molecule has 0 aromatic rings. The lowest BCUT2D eigenvalue weighted by molar-refractivity contribution is 0.410. The molecule has 0 spiro atoms. The van der Waals surface area contributed by atoms with Crippen molar-refractivity contribution >= 4 is 21.0 Å². The monoisotopic (exact) mass is 209 g/mol. The molecule has 0 amide bonds. The Morgan fingerprint density at radius 1 is 1.71 bits per heavy atom. The van der Waals surface area contributed by atoms with Crippen LogP contribution in [0.4, 0.5) is 0 Å². The normalized spacial score (nSPS) is 18.0. The van der Waals surface area contributed by atoms with Gasteiger partial charge < -0.3 is 5.11 Å². The largest absolute Gasteiger partial charge is 0.493 e. The van der Waals surface area contributed by atoms with Gasteiger partial charge in [-0.3, -0.25) is 0 Å². The Bertz CT molecular complexity index is 148. The molecule has 0 fully saturated rings. The summed E-state index contributed by atoms with van der Waals surface area (Å²) < 4.78 is 5.75. The molecule has 7 heavy (non-hydrogen) atoms. The summed E-state index contributed by atoms with van der Waals surface area (Å²) >= 11 is -0.199. The lowest BCUT2D eigenvalue weighted by atomic mass is 10.6. The first-order chi connectivity index (χ1) is 3.39. The molecule has 0 aliphatic carbocycles. The van der Waals surface area contributed by atoms with Gasteiger partial charge in [-0.1, -0.05) is 0 Å². The summed E-state index contributed by atoms with van der Waals surface area (Å²) in [7, 11) is 0. The van der Waals surface area contributed by atoms with Crippen molar-refractivity contribution in [1.29, 1.82) is 0 Å². The summed E-state index contributed by atoms with van der Waals surface area (Å²) in [5.74, 6) is 0.176. The van der Waals surface area contributed by atoms with Crippen molar-refractivity contribution in [1.82, 2.24) is 0 Å². The molecule has 1 aliphatic heterocycles. The predicted octanol–water partition coefficient (Wildman–Crippen LogP) is 2.07. The maximum Gasteiger partial charge on any atom is 0.215 e. The maximum atomic E-state index is 8.58. The lowest BCUT2D eigenvalue weighted by Crippen LogP contribution is -1.68. The molecule has 3 heteroatoms. The second kappa shape index (κ2) is 2.20. The van der Waals surface area contributed by atoms with Crippen molar-refractivity contribution in [2.24, 2.45) is 3.15 Å². The number of halogens is 1. The minimum absolute atomic E-state index is 0.176. The van der Waals surface area contributed by atoms with Crippen LogP contribution in [-0.2, 0) is 0 Å². The Kier molecular flexibility index (Phi) is 1.56.